The summed E-state index contributed by atoms with van der Waals surface area (Å²) in [7, 11) is -3.80. The number of ether oxygens (including phenoxy) is 1. The van der Waals surface area contributed by atoms with Crippen LogP contribution in [0.2, 0.25) is 0 Å². The first-order valence-electron chi connectivity index (χ1n) is 8.79. The summed E-state index contributed by atoms with van der Waals surface area (Å²) in [6.07, 6.45) is 6.19. The highest BCUT2D eigenvalue weighted by atomic mass is 32.2. The van der Waals surface area contributed by atoms with E-state index in [2.05, 4.69) is 10.8 Å². The number of allylic oxidation sites excluding steroid dienone is 1. The maximum absolute atomic E-state index is 12.7. The highest BCUT2D eigenvalue weighted by molar-refractivity contribution is 7.89. The Morgan fingerprint density at radius 2 is 1.92 bits per heavy atom. The molecular weight excluding hydrogens is 338 g/mol. The largest absolute Gasteiger partial charge is 0.465 e. The van der Waals surface area contributed by atoms with Gasteiger partial charge in [0.15, 0.2) is 0 Å². The molecule has 0 aromatic heterocycles. The van der Waals surface area contributed by atoms with E-state index < -0.39 is 22.0 Å². The minimum atomic E-state index is -3.80. The van der Waals surface area contributed by atoms with Crippen molar-refractivity contribution in [2.45, 2.75) is 57.4 Å². The number of rotatable bonds is 7. The summed E-state index contributed by atoms with van der Waals surface area (Å²) in [6.45, 7) is 5.71. The number of benzene rings is 1. The zero-order valence-electron chi connectivity index (χ0n) is 15.1. The SMILES string of the molecule is CCOC(=O)C(NS(=O)(=O)c1ccc(C)cc1)C(C)C1=CCCCC1. The summed E-state index contributed by atoms with van der Waals surface area (Å²) in [4.78, 5) is 12.6. The van der Waals surface area contributed by atoms with Crippen LogP contribution in [-0.4, -0.2) is 27.0 Å². The molecule has 2 atom stereocenters. The quantitative estimate of drug-likeness (QED) is 0.594. The van der Waals surface area contributed by atoms with Crippen LogP contribution >= 0.6 is 0 Å². The molecule has 0 amide bonds. The monoisotopic (exact) mass is 365 g/mol. The maximum Gasteiger partial charge on any atom is 0.324 e. The first-order valence-corrected chi connectivity index (χ1v) is 10.3. The molecule has 0 saturated carbocycles. The first-order chi connectivity index (χ1) is 11.8. The van der Waals surface area contributed by atoms with E-state index in [1.54, 1.807) is 31.2 Å². The molecule has 0 fully saturated rings. The van der Waals surface area contributed by atoms with Crippen LogP contribution in [-0.2, 0) is 19.6 Å². The van der Waals surface area contributed by atoms with E-state index >= 15 is 0 Å². The van der Waals surface area contributed by atoms with Gasteiger partial charge in [0.2, 0.25) is 10.0 Å². The molecule has 1 aromatic carbocycles. The van der Waals surface area contributed by atoms with Gasteiger partial charge in [-0.25, -0.2) is 8.42 Å². The number of esters is 1. The van der Waals surface area contributed by atoms with E-state index in [9.17, 15) is 13.2 Å². The molecule has 2 rings (SSSR count). The smallest absolute Gasteiger partial charge is 0.324 e. The number of carbonyl (C=O) groups excluding carboxylic acids is 1. The number of hydrogen-bond donors (Lipinski definition) is 1. The normalized spacial score (nSPS) is 17.5. The fourth-order valence-corrected chi connectivity index (χ4v) is 4.29. The van der Waals surface area contributed by atoms with Gasteiger partial charge in [-0.3, -0.25) is 4.79 Å². The molecule has 6 heteroatoms. The predicted molar refractivity (Wildman–Crippen MR) is 97.6 cm³/mol. The second kappa shape index (κ2) is 8.63. The van der Waals surface area contributed by atoms with Crippen LogP contribution in [0.15, 0.2) is 40.8 Å². The Kier molecular flexibility index (Phi) is 6.79. The van der Waals surface area contributed by atoms with Crippen LogP contribution in [0.1, 0.15) is 45.1 Å². The first kappa shape index (κ1) is 19.7. The van der Waals surface area contributed by atoms with Crippen LogP contribution in [0.5, 0.6) is 0 Å². The molecular formula is C19H27NO4S. The summed E-state index contributed by atoms with van der Waals surface area (Å²) in [5.41, 5.74) is 2.09. The van der Waals surface area contributed by atoms with Gasteiger partial charge in [-0.15, -0.1) is 0 Å². The second-order valence-electron chi connectivity index (χ2n) is 6.48. The molecule has 1 aliphatic rings. The van der Waals surface area contributed by atoms with Gasteiger partial charge in [0.05, 0.1) is 11.5 Å². The number of aryl methyl sites for hydroxylation is 1. The third kappa shape index (κ3) is 5.16. The molecule has 2 unspecified atom stereocenters. The van der Waals surface area contributed by atoms with Gasteiger partial charge in [0.25, 0.3) is 0 Å². The zero-order valence-corrected chi connectivity index (χ0v) is 15.9. The summed E-state index contributed by atoms with van der Waals surface area (Å²) >= 11 is 0. The Bertz CT molecular complexity index is 722. The molecule has 0 heterocycles. The number of carbonyl (C=O) groups is 1. The summed E-state index contributed by atoms with van der Waals surface area (Å²) in [5.74, 6) is -0.767. The van der Waals surface area contributed by atoms with Crippen LogP contribution in [0.25, 0.3) is 0 Å². The van der Waals surface area contributed by atoms with Gasteiger partial charge in [-0.05, 0) is 51.7 Å². The molecule has 25 heavy (non-hydrogen) atoms. The van der Waals surface area contributed by atoms with Gasteiger partial charge >= 0.3 is 5.97 Å². The Balaban J connectivity index is 2.27. The molecule has 0 saturated heterocycles. The van der Waals surface area contributed by atoms with Crippen LogP contribution in [0.3, 0.4) is 0 Å². The molecule has 1 aliphatic carbocycles. The molecule has 0 bridgehead atoms. The molecule has 5 nitrogen and oxygen atoms in total. The fourth-order valence-electron chi connectivity index (χ4n) is 3.03. The molecule has 0 radical (unpaired) electrons. The van der Waals surface area contributed by atoms with Gasteiger partial charge in [0, 0.05) is 5.92 Å². The molecule has 0 spiro atoms. The summed E-state index contributed by atoms with van der Waals surface area (Å²) < 4.78 is 33.1. The Hall–Kier alpha value is -1.66. The van der Waals surface area contributed by atoms with Crippen LogP contribution in [0.4, 0.5) is 0 Å². The van der Waals surface area contributed by atoms with Crippen LogP contribution in [0, 0.1) is 12.8 Å². The maximum atomic E-state index is 12.7. The molecule has 0 aliphatic heterocycles. The summed E-state index contributed by atoms with van der Waals surface area (Å²) in [5, 5.41) is 0. The van der Waals surface area contributed by atoms with Gasteiger partial charge in [0.1, 0.15) is 6.04 Å². The van der Waals surface area contributed by atoms with Gasteiger partial charge in [-0.1, -0.05) is 36.3 Å². The number of sulfonamides is 1. The lowest BCUT2D eigenvalue weighted by molar-refractivity contribution is -0.146. The highest BCUT2D eigenvalue weighted by Gasteiger charge is 2.33. The predicted octanol–water partition coefficient (Wildman–Crippen LogP) is 3.34. The van der Waals surface area contributed by atoms with Gasteiger partial charge < -0.3 is 4.74 Å². The topological polar surface area (TPSA) is 72.5 Å². The van der Waals surface area contributed by atoms with Crippen molar-refractivity contribution < 1.29 is 17.9 Å². The third-order valence-corrected chi connectivity index (χ3v) is 6.02. The fraction of sp³-hybridized carbons (Fsp3) is 0.526. The van der Waals surface area contributed by atoms with Crippen molar-refractivity contribution in [2.75, 3.05) is 6.61 Å². The lowest BCUT2D eigenvalue weighted by Gasteiger charge is -2.27. The van der Waals surface area contributed by atoms with Crippen molar-refractivity contribution in [2.24, 2.45) is 5.92 Å². The minimum Gasteiger partial charge on any atom is -0.465 e. The van der Waals surface area contributed by atoms with E-state index in [0.29, 0.717) is 0 Å². The van der Waals surface area contributed by atoms with Crippen molar-refractivity contribution in [3.05, 3.63) is 41.5 Å². The average Bonchev–Trinajstić information content (AvgIpc) is 2.60. The van der Waals surface area contributed by atoms with Gasteiger partial charge in [-0.2, -0.15) is 4.72 Å². The van der Waals surface area contributed by atoms with Crippen molar-refractivity contribution in [1.82, 2.24) is 4.72 Å². The van der Waals surface area contributed by atoms with Crippen molar-refractivity contribution in [1.29, 1.82) is 0 Å². The molecule has 1 aromatic rings. The highest BCUT2D eigenvalue weighted by Crippen LogP contribution is 2.27. The number of nitrogens with one attached hydrogen (secondary N) is 1. The minimum absolute atomic E-state index is 0.150. The lowest BCUT2D eigenvalue weighted by atomic mass is 9.86. The van der Waals surface area contributed by atoms with E-state index in [1.807, 2.05) is 13.8 Å². The van der Waals surface area contributed by atoms with E-state index in [4.69, 9.17) is 4.74 Å². The Morgan fingerprint density at radius 1 is 1.24 bits per heavy atom. The van der Waals surface area contributed by atoms with Crippen LogP contribution < -0.4 is 4.72 Å². The van der Waals surface area contributed by atoms with E-state index in [1.165, 1.54) is 0 Å². The number of hydrogen-bond acceptors (Lipinski definition) is 4. The molecule has 1 N–H and O–H groups in total. The van der Waals surface area contributed by atoms with Crippen molar-refractivity contribution in [3.8, 4) is 0 Å². The second-order valence-corrected chi connectivity index (χ2v) is 8.19. The third-order valence-electron chi connectivity index (χ3n) is 4.56. The standard InChI is InChI=1S/C19H27NO4S/c1-4-24-19(21)18(15(3)16-8-6-5-7-9-16)20-25(22,23)17-12-10-14(2)11-13-17/h8,10-13,15,18,20H,4-7,9H2,1-3H3. The average molecular weight is 365 g/mol. The Labute approximate surface area is 150 Å². The van der Waals surface area contributed by atoms with Crippen molar-refractivity contribution >= 4 is 16.0 Å². The molecule has 138 valence electrons. The van der Waals surface area contributed by atoms with Crippen molar-refractivity contribution in [3.63, 3.8) is 0 Å². The lowest BCUT2D eigenvalue weighted by Crippen LogP contribution is -2.46. The van der Waals surface area contributed by atoms with E-state index in [0.717, 1.165) is 36.8 Å². The summed E-state index contributed by atoms with van der Waals surface area (Å²) in [6, 6.07) is 5.65. The Morgan fingerprint density at radius 3 is 2.48 bits per heavy atom. The van der Waals surface area contributed by atoms with E-state index in [-0.39, 0.29) is 17.4 Å². The zero-order chi connectivity index (χ0) is 18.4.